The minimum Gasteiger partial charge on any atom is -0.368 e. The number of piperazine rings is 1. The smallest absolute Gasteiger partial charge is 0.319 e. The van der Waals surface area contributed by atoms with Crippen molar-refractivity contribution in [2.75, 3.05) is 43.0 Å². The van der Waals surface area contributed by atoms with Crippen LogP contribution in [0.3, 0.4) is 0 Å². The molecule has 9 heteroatoms. The number of carbonyl (C=O) groups is 1. The van der Waals surface area contributed by atoms with Crippen LogP contribution in [-0.2, 0) is 18.3 Å². The van der Waals surface area contributed by atoms with Crippen LogP contribution in [0.2, 0.25) is 5.02 Å². The molecule has 0 spiro atoms. The number of carbonyl (C=O) groups excluding carboxylic acids is 1. The van der Waals surface area contributed by atoms with Crippen molar-refractivity contribution >= 4 is 29.0 Å². The van der Waals surface area contributed by atoms with Crippen molar-refractivity contribution in [2.24, 2.45) is 7.05 Å². The van der Waals surface area contributed by atoms with E-state index in [0.717, 1.165) is 50.7 Å². The van der Waals surface area contributed by atoms with Crippen LogP contribution in [0.4, 0.5) is 16.2 Å². The van der Waals surface area contributed by atoms with E-state index >= 15 is 0 Å². The van der Waals surface area contributed by atoms with Gasteiger partial charge < -0.3 is 24.8 Å². The van der Waals surface area contributed by atoms with E-state index in [4.69, 9.17) is 16.3 Å². The first kappa shape index (κ1) is 23.7. The van der Waals surface area contributed by atoms with Crippen LogP contribution in [-0.4, -0.2) is 59.3 Å². The maximum Gasteiger partial charge on any atom is 0.319 e. The lowest BCUT2D eigenvalue weighted by molar-refractivity contribution is 0.0913. The first-order valence-electron chi connectivity index (χ1n) is 12.0. The predicted octanol–water partition coefficient (Wildman–Crippen LogP) is 4.05. The molecule has 35 heavy (non-hydrogen) atoms. The fourth-order valence-corrected chi connectivity index (χ4v) is 5.11. The molecule has 3 heterocycles. The maximum absolute atomic E-state index is 12.7. The summed E-state index contributed by atoms with van der Waals surface area (Å²) in [6.07, 6.45) is 4.09. The molecular weight excluding hydrogens is 464 g/mol. The Hall–Kier alpha value is -3.07. The molecule has 2 N–H and O–H groups in total. The molecule has 0 saturated carbocycles. The molecule has 2 aliphatic rings. The normalized spacial score (nSPS) is 20.7. The van der Waals surface area contributed by atoms with Crippen LogP contribution in [0.1, 0.15) is 23.9 Å². The number of nitrogens with one attached hydrogen (secondary N) is 2. The number of aryl methyl sites for hydroxylation is 1. The summed E-state index contributed by atoms with van der Waals surface area (Å²) in [5, 5.41) is 6.57. The first-order valence-corrected chi connectivity index (χ1v) is 12.4. The highest BCUT2D eigenvalue weighted by Gasteiger charge is 2.33. The molecule has 8 nitrogen and oxygen atoms in total. The van der Waals surface area contributed by atoms with Gasteiger partial charge in [0.15, 0.2) is 0 Å². The van der Waals surface area contributed by atoms with Crippen molar-refractivity contribution in [3.05, 3.63) is 77.3 Å². The zero-order valence-corrected chi connectivity index (χ0v) is 20.6. The second-order valence-electron chi connectivity index (χ2n) is 9.10. The highest BCUT2D eigenvalue weighted by Crippen LogP contribution is 2.31. The van der Waals surface area contributed by atoms with Crippen molar-refractivity contribution in [2.45, 2.75) is 25.1 Å². The maximum atomic E-state index is 12.7. The highest BCUT2D eigenvalue weighted by atomic mass is 35.5. The molecule has 2 amide bonds. The van der Waals surface area contributed by atoms with Gasteiger partial charge in [-0.1, -0.05) is 41.9 Å². The highest BCUT2D eigenvalue weighted by molar-refractivity contribution is 6.33. The Bertz CT molecular complexity index is 1150. The number of aromatic nitrogens is 2. The minimum atomic E-state index is -0.280. The van der Waals surface area contributed by atoms with E-state index in [1.54, 1.807) is 6.20 Å². The van der Waals surface area contributed by atoms with E-state index in [9.17, 15) is 4.79 Å². The molecule has 2 aromatic carbocycles. The van der Waals surface area contributed by atoms with E-state index in [1.165, 1.54) is 5.56 Å². The van der Waals surface area contributed by atoms with E-state index in [-0.39, 0.29) is 18.2 Å². The third kappa shape index (κ3) is 5.61. The summed E-state index contributed by atoms with van der Waals surface area (Å²) in [5.74, 6) is 0.809. The predicted molar refractivity (Wildman–Crippen MR) is 138 cm³/mol. The van der Waals surface area contributed by atoms with Crippen molar-refractivity contribution in [1.29, 1.82) is 0 Å². The minimum absolute atomic E-state index is 0.141. The molecule has 2 fully saturated rings. The SMILES string of the molecule is Cn1ccnc1[C@@H]1OCC[C@H]1NC(=O)Nc1ccc(N2CCN(Cc3ccccc3)CC2)c(Cl)c1. The van der Waals surface area contributed by atoms with E-state index < -0.39 is 0 Å². The fraction of sp³-hybridized carbons (Fsp3) is 0.385. The number of imidazole rings is 1. The van der Waals surface area contributed by atoms with Crippen molar-refractivity contribution in [1.82, 2.24) is 19.8 Å². The van der Waals surface area contributed by atoms with Crippen molar-refractivity contribution < 1.29 is 9.53 Å². The lowest BCUT2D eigenvalue weighted by Crippen LogP contribution is -2.46. The van der Waals surface area contributed by atoms with Crippen molar-refractivity contribution in [3.8, 4) is 0 Å². The van der Waals surface area contributed by atoms with Gasteiger partial charge in [-0.2, -0.15) is 0 Å². The summed E-state index contributed by atoms with van der Waals surface area (Å²) in [7, 11) is 1.92. The van der Waals surface area contributed by atoms with Gasteiger partial charge in [0.05, 0.1) is 16.8 Å². The molecule has 0 radical (unpaired) electrons. The first-order chi connectivity index (χ1) is 17.1. The molecule has 2 aliphatic heterocycles. The second-order valence-corrected chi connectivity index (χ2v) is 9.50. The van der Waals surface area contributed by atoms with Gasteiger partial charge in [0.2, 0.25) is 0 Å². The summed E-state index contributed by atoms with van der Waals surface area (Å²) >= 11 is 6.63. The van der Waals surface area contributed by atoms with Crippen LogP contribution in [0.15, 0.2) is 60.9 Å². The third-order valence-electron chi connectivity index (χ3n) is 6.69. The van der Waals surface area contributed by atoms with Gasteiger partial charge >= 0.3 is 6.03 Å². The van der Waals surface area contributed by atoms with Gasteiger partial charge in [0.1, 0.15) is 11.9 Å². The zero-order valence-electron chi connectivity index (χ0n) is 19.9. The Labute approximate surface area is 210 Å². The van der Waals surface area contributed by atoms with Crippen LogP contribution >= 0.6 is 11.6 Å². The molecule has 184 valence electrons. The number of nitrogens with zero attached hydrogens (tertiary/aromatic N) is 4. The monoisotopic (exact) mass is 494 g/mol. The van der Waals surface area contributed by atoms with Crippen molar-refractivity contribution in [3.63, 3.8) is 0 Å². The molecule has 1 aromatic heterocycles. The molecule has 0 bridgehead atoms. The standard InChI is InChI=1S/C26H31ClN6O2/c1-31-11-10-28-25(31)24-22(9-16-35-24)30-26(34)29-20-7-8-23(21(27)17-20)33-14-12-32(13-15-33)18-19-5-3-2-4-6-19/h2-8,10-11,17,22,24H,9,12-16,18H2,1H3,(H2,29,30,34)/t22-,24-/m1/s1. The summed E-state index contributed by atoms with van der Waals surface area (Å²) in [5.41, 5.74) is 2.99. The Kier molecular flexibility index (Phi) is 7.22. The quantitative estimate of drug-likeness (QED) is 0.541. The van der Waals surface area contributed by atoms with Crippen LogP contribution in [0.5, 0.6) is 0 Å². The molecule has 5 rings (SSSR count). The summed E-state index contributed by atoms with van der Waals surface area (Å²) in [6, 6.07) is 15.8. The van der Waals surface area contributed by atoms with Gasteiger partial charge in [0, 0.05) is 64.5 Å². The number of halogens is 1. The average Bonchev–Trinajstić information content (AvgIpc) is 3.48. The molecule has 0 unspecified atom stereocenters. The summed E-state index contributed by atoms with van der Waals surface area (Å²) in [4.78, 5) is 21.8. The zero-order chi connectivity index (χ0) is 24.2. The lowest BCUT2D eigenvalue weighted by atomic mass is 10.1. The number of hydrogen-bond acceptors (Lipinski definition) is 5. The number of ether oxygens (including phenoxy) is 1. The number of urea groups is 1. The number of amides is 2. The fourth-order valence-electron chi connectivity index (χ4n) is 4.81. The number of hydrogen-bond donors (Lipinski definition) is 2. The molecule has 0 aliphatic carbocycles. The number of benzene rings is 2. The van der Waals surface area contributed by atoms with Gasteiger partial charge in [-0.25, -0.2) is 9.78 Å². The van der Waals surface area contributed by atoms with Gasteiger partial charge in [-0.15, -0.1) is 0 Å². The summed E-state index contributed by atoms with van der Waals surface area (Å²) < 4.78 is 7.75. The second kappa shape index (κ2) is 10.7. The van der Waals surface area contributed by atoms with Gasteiger partial charge in [-0.05, 0) is 30.2 Å². The van der Waals surface area contributed by atoms with Gasteiger partial charge in [0.25, 0.3) is 0 Å². The molecule has 3 aromatic rings. The lowest BCUT2D eigenvalue weighted by Gasteiger charge is -2.36. The molecule has 2 saturated heterocycles. The van der Waals surface area contributed by atoms with Crippen LogP contribution in [0.25, 0.3) is 0 Å². The Morgan fingerprint density at radius 2 is 1.94 bits per heavy atom. The number of rotatable bonds is 6. The van der Waals surface area contributed by atoms with Gasteiger partial charge in [-0.3, -0.25) is 4.90 Å². The van der Waals surface area contributed by atoms with E-state index in [0.29, 0.717) is 17.3 Å². The van der Waals surface area contributed by atoms with E-state index in [1.807, 2.05) is 42.1 Å². The Balaban J connectivity index is 1.14. The molecular formula is C26H31ClN6O2. The largest absolute Gasteiger partial charge is 0.368 e. The number of anilines is 2. The summed E-state index contributed by atoms with van der Waals surface area (Å²) in [6.45, 7) is 5.34. The Morgan fingerprint density at radius 1 is 1.14 bits per heavy atom. The van der Waals surface area contributed by atoms with Crippen LogP contribution in [0, 0.1) is 0 Å². The van der Waals surface area contributed by atoms with E-state index in [2.05, 4.69) is 49.7 Å². The average molecular weight is 495 g/mol. The topological polar surface area (TPSA) is 74.7 Å². The molecule has 2 atom stereocenters. The van der Waals surface area contributed by atoms with Crippen LogP contribution < -0.4 is 15.5 Å². The third-order valence-corrected chi connectivity index (χ3v) is 6.99. The Morgan fingerprint density at radius 3 is 2.66 bits per heavy atom.